The van der Waals surface area contributed by atoms with Crippen molar-refractivity contribution in [3.05, 3.63) is 0 Å². The zero-order valence-electron chi connectivity index (χ0n) is 12.2. The summed E-state index contributed by atoms with van der Waals surface area (Å²) in [5, 5.41) is 9.57. The number of aliphatic hydroxyl groups is 1. The highest BCUT2D eigenvalue weighted by atomic mass is 32.2. The number of sulfonamides is 1. The molecule has 1 saturated carbocycles. The summed E-state index contributed by atoms with van der Waals surface area (Å²) < 4.78 is 31.3. The summed E-state index contributed by atoms with van der Waals surface area (Å²) in [7, 11) is -2.22. The summed E-state index contributed by atoms with van der Waals surface area (Å²) >= 11 is 0. The topological polar surface area (TPSA) is 92.7 Å². The van der Waals surface area contributed by atoms with E-state index < -0.39 is 21.5 Å². The van der Waals surface area contributed by atoms with E-state index in [0.717, 1.165) is 12.8 Å². The van der Waals surface area contributed by atoms with Crippen LogP contribution in [0.5, 0.6) is 0 Å². The fraction of sp³-hybridized carbons (Fsp3) is 0.923. The summed E-state index contributed by atoms with van der Waals surface area (Å²) in [4.78, 5) is 11.0. The normalized spacial score (nSPS) is 27.2. The van der Waals surface area contributed by atoms with Crippen molar-refractivity contribution in [3.8, 4) is 0 Å². The van der Waals surface area contributed by atoms with E-state index in [1.54, 1.807) is 0 Å². The molecular weight excluding hydrogens is 282 g/mol. The zero-order valence-corrected chi connectivity index (χ0v) is 13.0. The number of hydrogen-bond acceptors (Lipinski definition) is 5. The van der Waals surface area contributed by atoms with Gasteiger partial charge in [-0.3, -0.25) is 4.79 Å². The van der Waals surface area contributed by atoms with Crippen molar-refractivity contribution in [2.45, 2.75) is 51.0 Å². The van der Waals surface area contributed by atoms with Gasteiger partial charge in [-0.15, -0.1) is 0 Å². The average molecular weight is 307 g/mol. The van der Waals surface area contributed by atoms with Crippen LogP contribution in [0.1, 0.15) is 45.4 Å². The predicted octanol–water partition coefficient (Wildman–Crippen LogP) is 0.800. The summed E-state index contributed by atoms with van der Waals surface area (Å²) in [6, 6.07) is 0. The smallest absolute Gasteiger partial charge is 0.305 e. The van der Waals surface area contributed by atoms with E-state index in [4.69, 9.17) is 0 Å². The van der Waals surface area contributed by atoms with Crippen LogP contribution in [0.25, 0.3) is 0 Å². The fourth-order valence-electron chi connectivity index (χ4n) is 2.82. The van der Waals surface area contributed by atoms with Gasteiger partial charge in [0.25, 0.3) is 0 Å². The molecule has 118 valence electrons. The Hall–Kier alpha value is -0.660. The third-order valence-electron chi connectivity index (χ3n) is 3.79. The zero-order chi connectivity index (χ0) is 15.2. The van der Waals surface area contributed by atoms with Crippen molar-refractivity contribution in [2.75, 3.05) is 19.5 Å². The second kappa shape index (κ2) is 7.38. The monoisotopic (exact) mass is 307 g/mol. The third-order valence-corrected chi connectivity index (χ3v) is 5.36. The maximum Gasteiger partial charge on any atom is 0.305 e. The number of nitrogens with one attached hydrogen (secondary N) is 1. The summed E-state index contributed by atoms with van der Waals surface area (Å²) in [5.41, 5.74) is -0.734. The highest BCUT2D eigenvalue weighted by Crippen LogP contribution is 2.32. The van der Waals surface area contributed by atoms with Crippen LogP contribution in [0.4, 0.5) is 0 Å². The number of carbonyl (C=O) groups is 1. The summed E-state index contributed by atoms with van der Waals surface area (Å²) in [6.07, 6.45) is 3.58. The van der Waals surface area contributed by atoms with Crippen molar-refractivity contribution in [1.29, 1.82) is 0 Å². The first kappa shape index (κ1) is 17.4. The standard InChI is InChI=1S/C13H25NO5S/c1-11-5-3-7-13(9-11,10-15)14-20(17,18)8-4-6-12(16)19-2/h11,14-15H,3-10H2,1-2H3. The molecule has 0 aromatic heterocycles. The van der Waals surface area contributed by atoms with E-state index in [1.807, 2.05) is 0 Å². The van der Waals surface area contributed by atoms with Gasteiger partial charge < -0.3 is 9.84 Å². The van der Waals surface area contributed by atoms with Crippen molar-refractivity contribution in [2.24, 2.45) is 5.92 Å². The molecule has 7 heteroatoms. The Labute approximate surface area is 120 Å². The lowest BCUT2D eigenvalue weighted by atomic mass is 9.78. The first-order valence-electron chi connectivity index (χ1n) is 7.02. The van der Waals surface area contributed by atoms with Crippen molar-refractivity contribution >= 4 is 16.0 Å². The van der Waals surface area contributed by atoms with Gasteiger partial charge in [-0.25, -0.2) is 13.1 Å². The molecule has 20 heavy (non-hydrogen) atoms. The first-order chi connectivity index (χ1) is 9.32. The molecule has 2 N–H and O–H groups in total. The molecule has 1 aliphatic rings. The van der Waals surface area contributed by atoms with Gasteiger partial charge in [-0.1, -0.05) is 19.8 Å². The van der Waals surface area contributed by atoms with Crippen molar-refractivity contribution in [1.82, 2.24) is 4.72 Å². The van der Waals surface area contributed by atoms with E-state index in [0.29, 0.717) is 18.8 Å². The summed E-state index contributed by atoms with van der Waals surface area (Å²) in [6.45, 7) is 1.88. The Balaban J connectivity index is 2.56. The van der Waals surface area contributed by atoms with Crippen molar-refractivity contribution in [3.63, 3.8) is 0 Å². The molecule has 1 fully saturated rings. The number of esters is 1. The quantitative estimate of drug-likeness (QED) is 0.679. The number of carbonyl (C=O) groups excluding carboxylic acids is 1. The molecule has 0 bridgehead atoms. The number of methoxy groups -OCH3 is 1. The van der Waals surface area contributed by atoms with Gasteiger partial charge in [-0.05, 0) is 25.2 Å². The number of aliphatic hydroxyl groups excluding tert-OH is 1. The minimum atomic E-state index is -3.50. The van der Waals surface area contributed by atoms with Crippen LogP contribution in [-0.2, 0) is 19.6 Å². The average Bonchev–Trinajstić information content (AvgIpc) is 2.37. The van der Waals surface area contributed by atoms with Gasteiger partial charge in [-0.2, -0.15) is 0 Å². The van der Waals surface area contributed by atoms with Crippen LogP contribution >= 0.6 is 0 Å². The van der Waals surface area contributed by atoms with Gasteiger partial charge in [0, 0.05) is 6.42 Å². The van der Waals surface area contributed by atoms with E-state index in [9.17, 15) is 18.3 Å². The molecule has 0 aliphatic heterocycles. The lowest BCUT2D eigenvalue weighted by Gasteiger charge is -2.39. The minimum absolute atomic E-state index is 0.0833. The van der Waals surface area contributed by atoms with Crippen LogP contribution in [0.3, 0.4) is 0 Å². The molecule has 0 spiro atoms. The molecule has 1 aliphatic carbocycles. The third kappa shape index (κ3) is 5.38. The van der Waals surface area contributed by atoms with Crippen LogP contribution in [0, 0.1) is 5.92 Å². The van der Waals surface area contributed by atoms with Crippen LogP contribution < -0.4 is 4.72 Å². The Kier molecular flexibility index (Phi) is 6.42. The molecule has 0 aromatic rings. The molecule has 6 nitrogen and oxygen atoms in total. The van der Waals surface area contributed by atoms with E-state index in [-0.39, 0.29) is 25.2 Å². The lowest BCUT2D eigenvalue weighted by Crippen LogP contribution is -2.54. The maximum atomic E-state index is 12.1. The molecule has 0 aromatic carbocycles. The van der Waals surface area contributed by atoms with Gasteiger partial charge >= 0.3 is 5.97 Å². The minimum Gasteiger partial charge on any atom is -0.469 e. The Morgan fingerprint density at radius 2 is 2.20 bits per heavy atom. The molecule has 0 radical (unpaired) electrons. The highest BCUT2D eigenvalue weighted by molar-refractivity contribution is 7.89. The molecule has 2 unspecified atom stereocenters. The Bertz CT molecular complexity index is 422. The highest BCUT2D eigenvalue weighted by Gasteiger charge is 2.37. The largest absolute Gasteiger partial charge is 0.469 e. The first-order valence-corrected chi connectivity index (χ1v) is 8.67. The summed E-state index contributed by atoms with van der Waals surface area (Å²) in [5.74, 6) is -0.143. The van der Waals surface area contributed by atoms with Gasteiger partial charge in [0.05, 0.1) is 25.0 Å². The van der Waals surface area contributed by atoms with E-state index in [1.165, 1.54) is 7.11 Å². The molecule has 0 heterocycles. The lowest BCUT2D eigenvalue weighted by molar-refractivity contribution is -0.140. The molecule has 1 rings (SSSR count). The predicted molar refractivity (Wildman–Crippen MR) is 75.6 cm³/mol. The molecule has 0 amide bonds. The van der Waals surface area contributed by atoms with Crippen LogP contribution in [0.2, 0.25) is 0 Å². The van der Waals surface area contributed by atoms with E-state index >= 15 is 0 Å². The maximum absolute atomic E-state index is 12.1. The van der Waals surface area contributed by atoms with Gasteiger partial charge in [0.2, 0.25) is 10.0 Å². The van der Waals surface area contributed by atoms with Crippen LogP contribution in [0.15, 0.2) is 0 Å². The van der Waals surface area contributed by atoms with Gasteiger partial charge in [0.15, 0.2) is 0 Å². The van der Waals surface area contributed by atoms with Gasteiger partial charge in [0.1, 0.15) is 0 Å². The van der Waals surface area contributed by atoms with Crippen LogP contribution in [-0.4, -0.2) is 44.5 Å². The Morgan fingerprint density at radius 1 is 1.50 bits per heavy atom. The van der Waals surface area contributed by atoms with E-state index in [2.05, 4.69) is 16.4 Å². The molecule has 0 saturated heterocycles. The number of ether oxygens (including phenoxy) is 1. The second-order valence-corrected chi connectivity index (χ2v) is 7.58. The SMILES string of the molecule is COC(=O)CCCS(=O)(=O)NC1(CO)CCCC(C)C1. The second-order valence-electron chi connectivity index (χ2n) is 5.74. The number of rotatable bonds is 7. The molecular formula is C13H25NO5S. The fourth-order valence-corrected chi connectivity index (χ4v) is 4.35. The Morgan fingerprint density at radius 3 is 2.75 bits per heavy atom. The van der Waals surface area contributed by atoms with Crippen molar-refractivity contribution < 1.29 is 23.1 Å². The number of hydrogen-bond donors (Lipinski definition) is 2. The molecule has 2 atom stereocenters.